The third-order valence-corrected chi connectivity index (χ3v) is 3.59. The molecular weight excluding hydrogens is 278 g/mol. The smallest absolute Gasteiger partial charge is 0.321 e. The number of carbonyl (C=O) groups is 1. The highest BCUT2D eigenvalue weighted by Crippen LogP contribution is 2.17. The van der Waals surface area contributed by atoms with Crippen LogP contribution in [0.1, 0.15) is 25.7 Å². The maximum atomic E-state index is 11.9. The minimum atomic E-state index is -0.138. The van der Waals surface area contributed by atoms with Crippen molar-refractivity contribution in [3.63, 3.8) is 0 Å². The normalized spacial score (nSPS) is 18.0. The van der Waals surface area contributed by atoms with E-state index in [-0.39, 0.29) is 6.03 Å². The van der Waals surface area contributed by atoms with Gasteiger partial charge in [-0.2, -0.15) is 0 Å². The molecule has 5 nitrogen and oxygen atoms in total. The topological polar surface area (TPSA) is 54.5 Å². The van der Waals surface area contributed by atoms with E-state index >= 15 is 0 Å². The van der Waals surface area contributed by atoms with Crippen molar-refractivity contribution < 1.29 is 9.53 Å². The molecule has 0 unspecified atom stereocenters. The van der Waals surface area contributed by atoms with Crippen molar-refractivity contribution in [2.24, 2.45) is 0 Å². The van der Waals surface area contributed by atoms with E-state index in [4.69, 9.17) is 16.3 Å². The van der Waals surface area contributed by atoms with Crippen molar-refractivity contribution >= 4 is 23.3 Å². The van der Waals surface area contributed by atoms with Gasteiger partial charge in [0.05, 0.1) is 18.0 Å². The van der Waals surface area contributed by atoms with Crippen LogP contribution in [-0.2, 0) is 4.74 Å². The fourth-order valence-electron chi connectivity index (χ4n) is 2.20. The first-order valence-electron chi connectivity index (χ1n) is 6.90. The zero-order valence-corrected chi connectivity index (χ0v) is 12.4. The van der Waals surface area contributed by atoms with Crippen molar-refractivity contribution in [3.8, 4) is 0 Å². The van der Waals surface area contributed by atoms with Crippen molar-refractivity contribution in [2.75, 3.05) is 25.5 Å². The molecule has 1 aliphatic rings. The average molecular weight is 298 g/mol. The van der Waals surface area contributed by atoms with Crippen molar-refractivity contribution in [2.45, 2.75) is 31.8 Å². The lowest BCUT2D eigenvalue weighted by Crippen LogP contribution is -2.32. The van der Waals surface area contributed by atoms with Gasteiger partial charge in [0.15, 0.2) is 0 Å². The number of urea groups is 1. The molecule has 0 aromatic carbocycles. The molecular formula is C14H20ClN3O2. The second-order valence-electron chi connectivity index (χ2n) is 5.00. The summed E-state index contributed by atoms with van der Waals surface area (Å²) in [5.74, 6) is 0. The summed E-state index contributed by atoms with van der Waals surface area (Å²) < 4.78 is 5.56. The molecule has 2 heterocycles. The zero-order valence-electron chi connectivity index (χ0n) is 11.6. The van der Waals surface area contributed by atoms with Crippen LogP contribution in [0.3, 0.4) is 0 Å². The highest BCUT2D eigenvalue weighted by molar-refractivity contribution is 6.29. The van der Waals surface area contributed by atoms with Crippen LogP contribution in [0.2, 0.25) is 5.15 Å². The first-order chi connectivity index (χ1) is 9.65. The van der Waals surface area contributed by atoms with Crippen molar-refractivity contribution in [3.05, 3.63) is 23.5 Å². The fraction of sp³-hybridized carbons (Fsp3) is 0.571. The summed E-state index contributed by atoms with van der Waals surface area (Å²) in [6, 6.07) is 3.24. The standard InChI is InChI=1S/C14H20ClN3O2/c1-18(8-2-4-12-5-3-9-20-12)14(19)17-11-6-7-13(15)16-10-11/h6-7,10,12H,2-5,8-9H2,1H3,(H,17,19)/t12-/m1/s1. The predicted octanol–water partition coefficient (Wildman–Crippen LogP) is 3.16. The molecule has 0 bridgehead atoms. The lowest BCUT2D eigenvalue weighted by atomic mass is 10.1. The first kappa shape index (κ1) is 15.1. The van der Waals surface area contributed by atoms with E-state index in [2.05, 4.69) is 10.3 Å². The van der Waals surface area contributed by atoms with Gasteiger partial charge in [-0.3, -0.25) is 0 Å². The third kappa shape index (κ3) is 4.65. The van der Waals surface area contributed by atoms with Crippen LogP contribution < -0.4 is 5.32 Å². The van der Waals surface area contributed by atoms with E-state index in [0.29, 0.717) is 23.5 Å². The van der Waals surface area contributed by atoms with Crippen molar-refractivity contribution in [1.29, 1.82) is 0 Å². The van der Waals surface area contributed by atoms with E-state index in [1.165, 1.54) is 0 Å². The van der Waals surface area contributed by atoms with Gasteiger partial charge in [0.2, 0.25) is 0 Å². The molecule has 0 saturated carbocycles. The van der Waals surface area contributed by atoms with Gasteiger partial charge in [-0.05, 0) is 37.8 Å². The third-order valence-electron chi connectivity index (χ3n) is 3.37. The van der Waals surface area contributed by atoms with Gasteiger partial charge in [0.1, 0.15) is 5.15 Å². The number of pyridine rings is 1. The number of halogens is 1. The number of carbonyl (C=O) groups excluding carboxylic acids is 1. The Kier molecular flexibility index (Phi) is 5.61. The minimum Gasteiger partial charge on any atom is -0.378 e. The van der Waals surface area contributed by atoms with Crippen LogP contribution in [0.25, 0.3) is 0 Å². The maximum absolute atomic E-state index is 11.9. The summed E-state index contributed by atoms with van der Waals surface area (Å²) in [7, 11) is 1.79. The lowest BCUT2D eigenvalue weighted by molar-refractivity contribution is 0.101. The van der Waals surface area contributed by atoms with E-state index in [1.807, 2.05) is 0 Å². The summed E-state index contributed by atoms with van der Waals surface area (Å²) in [6.45, 7) is 1.59. The Morgan fingerprint density at radius 2 is 2.45 bits per heavy atom. The van der Waals surface area contributed by atoms with Crippen LogP contribution in [0.4, 0.5) is 10.5 Å². The van der Waals surface area contributed by atoms with Gasteiger partial charge in [0, 0.05) is 20.2 Å². The molecule has 0 aliphatic carbocycles. The molecule has 2 amide bonds. The molecule has 0 spiro atoms. The summed E-state index contributed by atoms with van der Waals surface area (Å²) in [4.78, 5) is 17.5. The van der Waals surface area contributed by atoms with Gasteiger partial charge >= 0.3 is 6.03 Å². The molecule has 1 fully saturated rings. The number of amides is 2. The molecule has 20 heavy (non-hydrogen) atoms. The molecule has 1 aromatic rings. The van der Waals surface area contributed by atoms with Crippen LogP contribution in [-0.4, -0.2) is 42.2 Å². The number of hydrogen-bond donors (Lipinski definition) is 1. The van der Waals surface area contributed by atoms with Crippen LogP contribution in [0, 0.1) is 0 Å². The highest BCUT2D eigenvalue weighted by atomic mass is 35.5. The van der Waals surface area contributed by atoms with Crippen LogP contribution in [0.15, 0.2) is 18.3 Å². The molecule has 1 N–H and O–H groups in total. The molecule has 1 aliphatic heterocycles. The molecule has 110 valence electrons. The Hall–Kier alpha value is -1.33. The Morgan fingerprint density at radius 3 is 3.10 bits per heavy atom. The second kappa shape index (κ2) is 7.45. The average Bonchev–Trinajstić information content (AvgIpc) is 2.94. The summed E-state index contributed by atoms with van der Waals surface area (Å²) in [5, 5.41) is 3.19. The summed E-state index contributed by atoms with van der Waals surface area (Å²) in [6.07, 6.45) is 6.19. The van der Waals surface area contributed by atoms with Gasteiger partial charge in [-0.1, -0.05) is 11.6 Å². The lowest BCUT2D eigenvalue weighted by Gasteiger charge is -2.18. The van der Waals surface area contributed by atoms with Gasteiger partial charge in [0.25, 0.3) is 0 Å². The van der Waals surface area contributed by atoms with Gasteiger partial charge in [-0.15, -0.1) is 0 Å². The monoisotopic (exact) mass is 297 g/mol. The number of rotatable bonds is 5. The molecule has 2 rings (SSSR count). The Balaban J connectivity index is 1.69. The first-order valence-corrected chi connectivity index (χ1v) is 7.28. The largest absolute Gasteiger partial charge is 0.378 e. The van der Waals surface area contributed by atoms with Crippen LogP contribution in [0.5, 0.6) is 0 Å². The maximum Gasteiger partial charge on any atom is 0.321 e. The van der Waals surface area contributed by atoms with E-state index in [0.717, 1.165) is 32.3 Å². The number of ether oxygens (including phenoxy) is 1. The second-order valence-corrected chi connectivity index (χ2v) is 5.39. The van der Waals surface area contributed by atoms with E-state index in [9.17, 15) is 4.79 Å². The highest BCUT2D eigenvalue weighted by Gasteiger charge is 2.16. The Morgan fingerprint density at radius 1 is 1.60 bits per heavy atom. The van der Waals surface area contributed by atoms with E-state index < -0.39 is 0 Å². The Labute approximate surface area is 124 Å². The number of hydrogen-bond acceptors (Lipinski definition) is 3. The fourth-order valence-corrected chi connectivity index (χ4v) is 2.31. The van der Waals surface area contributed by atoms with Gasteiger partial charge in [-0.25, -0.2) is 9.78 Å². The predicted molar refractivity (Wildman–Crippen MR) is 79.1 cm³/mol. The number of nitrogens with one attached hydrogen (secondary N) is 1. The molecule has 6 heteroatoms. The molecule has 0 radical (unpaired) electrons. The summed E-state index contributed by atoms with van der Waals surface area (Å²) >= 11 is 5.70. The van der Waals surface area contributed by atoms with Gasteiger partial charge < -0.3 is 15.0 Å². The quantitative estimate of drug-likeness (QED) is 0.849. The summed E-state index contributed by atoms with van der Waals surface area (Å²) in [5.41, 5.74) is 0.644. The van der Waals surface area contributed by atoms with Crippen LogP contribution >= 0.6 is 11.6 Å². The Bertz CT molecular complexity index is 433. The molecule has 1 saturated heterocycles. The number of anilines is 1. The zero-order chi connectivity index (χ0) is 14.4. The number of nitrogens with zero attached hydrogens (tertiary/aromatic N) is 2. The molecule has 1 atom stereocenters. The van der Waals surface area contributed by atoms with E-state index in [1.54, 1.807) is 30.3 Å². The molecule has 1 aromatic heterocycles. The SMILES string of the molecule is CN(CCC[C@@H]1CCCO1)C(=O)Nc1ccc(Cl)nc1. The minimum absolute atomic E-state index is 0.138. The van der Waals surface area contributed by atoms with Crippen molar-refractivity contribution in [1.82, 2.24) is 9.88 Å². The number of aromatic nitrogens is 1.